The van der Waals surface area contributed by atoms with Gasteiger partial charge >= 0.3 is 0 Å². The summed E-state index contributed by atoms with van der Waals surface area (Å²) in [5, 5.41) is 11.3. The minimum Gasteiger partial charge on any atom is -0.507 e. The smallest absolute Gasteiger partial charge is 0.300 e. The third kappa shape index (κ3) is 3.42. The highest BCUT2D eigenvalue weighted by Crippen LogP contribution is 2.45. The number of ether oxygens (including phenoxy) is 2. The molecule has 1 saturated heterocycles. The van der Waals surface area contributed by atoms with Gasteiger partial charge in [-0.15, -0.1) is 0 Å². The van der Waals surface area contributed by atoms with Gasteiger partial charge in [-0.1, -0.05) is 18.2 Å². The number of carbonyl (C=O) groups is 2. The van der Waals surface area contributed by atoms with Crippen LogP contribution in [0.5, 0.6) is 11.5 Å². The monoisotopic (exact) mass is 445 g/mol. The third-order valence-corrected chi connectivity index (χ3v) is 5.95. The molecule has 0 aliphatic carbocycles. The normalized spacial score (nSPS) is 18.8. The van der Waals surface area contributed by atoms with Crippen molar-refractivity contribution in [2.45, 2.75) is 12.5 Å². The molecule has 1 amide bonds. The van der Waals surface area contributed by atoms with E-state index in [1.165, 1.54) is 36.3 Å². The Bertz CT molecular complexity index is 1300. The van der Waals surface area contributed by atoms with Gasteiger partial charge in [0.25, 0.3) is 11.7 Å². The first kappa shape index (κ1) is 20.8. The lowest BCUT2D eigenvalue weighted by Crippen LogP contribution is -2.29. The van der Waals surface area contributed by atoms with Crippen LogP contribution in [0.3, 0.4) is 0 Å². The summed E-state index contributed by atoms with van der Waals surface area (Å²) in [6.45, 7) is 0.551. The van der Waals surface area contributed by atoms with Crippen LogP contribution < -0.4 is 14.4 Å². The zero-order valence-corrected chi connectivity index (χ0v) is 17.7. The number of hydrogen-bond acceptors (Lipinski definition) is 5. The minimum absolute atomic E-state index is 0.0623. The van der Waals surface area contributed by atoms with Crippen LogP contribution in [-0.4, -0.2) is 30.5 Å². The summed E-state index contributed by atoms with van der Waals surface area (Å²) in [4.78, 5) is 27.7. The summed E-state index contributed by atoms with van der Waals surface area (Å²) >= 11 is 0. The van der Waals surface area contributed by atoms with Crippen molar-refractivity contribution in [1.29, 1.82) is 0 Å². The van der Waals surface area contributed by atoms with Crippen LogP contribution >= 0.6 is 0 Å². The van der Waals surface area contributed by atoms with E-state index in [-0.39, 0.29) is 11.3 Å². The number of para-hydroxylation sites is 1. The van der Waals surface area contributed by atoms with E-state index in [1.807, 2.05) is 0 Å². The Morgan fingerprint density at radius 2 is 1.85 bits per heavy atom. The van der Waals surface area contributed by atoms with Crippen molar-refractivity contribution in [3.8, 4) is 11.5 Å². The number of carbonyl (C=O) groups excluding carboxylic acids is 2. The third-order valence-electron chi connectivity index (χ3n) is 5.95. The number of nitrogens with zero attached hydrogens (tertiary/aromatic N) is 1. The zero-order valence-electron chi connectivity index (χ0n) is 17.7. The molecule has 3 aromatic carbocycles. The van der Waals surface area contributed by atoms with Crippen molar-refractivity contribution in [3.05, 3.63) is 94.8 Å². The van der Waals surface area contributed by atoms with Gasteiger partial charge in [-0.25, -0.2) is 4.39 Å². The average molecular weight is 445 g/mol. The molecule has 1 unspecified atom stereocenters. The molecule has 3 aromatic rings. The lowest BCUT2D eigenvalue weighted by Gasteiger charge is -2.26. The predicted octanol–water partition coefficient (Wildman–Crippen LogP) is 4.40. The standard InChI is InChI=1S/C26H20FNO5/c1-32-21-5-3-2-4-19(21)23-22(24(29)16-6-11-20-15(14-16)12-13-33-20)25(30)26(31)28(23)18-9-7-17(27)8-10-18/h2-11,14,23,29H,12-13H2,1H3/b24-22+. The summed E-state index contributed by atoms with van der Waals surface area (Å²) in [5.41, 5.74) is 2.12. The van der Waals surface area contributed by atoms with Crippen LogP contribution in [-0.2, 0) is 16.0 Å². The van der Waals surface area contributed by atoms with Crippen molar-refractivity contribution >= 4 is 23.1 Å². The second-order valence-electron chi connectivity index (χ2n) is 7.81. The van der Waals surface area contributed by atoms with E-state index in [0.717, 1.165) is 11.3 Å². The van der Waals surface area contributed by atoms with Gasteiger partial charge < -0.3 is 14.6 Å². The van der Waals surface area contributed by atoms with Crippen LogP contribution in [0.15, 0.2) is 72.3 Å². The quantitative estimate of drug-likeness (QED) is 0.366. The van der Waals surface area contributed by atoms with Crippen LogP contribution in [0.1, 0.15) is 22.7 Å². The Morgan fingerprint density at radius 1 is 1.09 bits per heavy atom. The number of benzene rings is 3. The fraction of sp³-hybridized carbons (Fsp3) is 0.154. The largest absolute Gasteiger partial charge is 0.507 e. The number of aliphatic hydroxyl groups is 1. The molecule has 166 valence electrons. The number of ketones is 1. The topological polar surface area (TPSA) is 76.1 Å². The van der Waals surface area contributed by atoms with Crippen molar-refractivity contribution < 1.29 is 28.6 Å². The molecule has 7 heteroatoms. The molecule has 33 heavy (non-hydrogen) atoms. The Labute approximate surface area is 189 Å². The second kappa shape index (κ2) is 8.09. The predicted molar refractivity (Wildman–Crippen MR) is 120 cm³/mol. The van der Waals surface area contributed by atoms with Crippen molar-refractivity contribution in [2.75, 3.05) is 18.6 Å². The van der Waals surface area contributed by atoms with E-state index in [0.29, 0.717) is 35.6 Å². The summed E-state index contributed by atoms with van der Waals surface area (Å²) in [6, 6.07) is 16.5. The maximum absolute atomic E-state index is 13.6. The lowest BCUT2D eigenvalue weighted by molar-refractivity contribution is -0.132. The molecule has 0 aromatic heterocycles. The molecular weight excluding hydrogens is 425 g/mol. The zero-order chi connectivity index (χ0) is 23.1. The molecule has 6 nitrogen and oxygen atoms in total. The summed E-state index contributed by atoms with van der Waals surface area (Å²) in [7, 11) is 1.49. The first-order valence-electron chi connectivity index (χ1n) is 10.4. The maximum atomic E-state index is 13.6. The maximum Gasteiger partial charge on any atom is 0.300 e. The van der Waals surface area contributed by atoms with Crippen LogP contribution in [0, 0.1) is 5.82 Å². The molecule has 5 rings (SSSR count). The van der Waals surface area contributed by atoms with Crippen molar-refractivity contribution in [3.63, 3.8) is 0 Å². The van der Waals surface area contributed by atoms with Gasteiger partial charge in [0.1, 0.15) is 23.1 Å². The van der Waals surface area contributed by atoms with Gasteiger partial charge in [0.2, 0.25) is 0 Å². The van der Waals surface area contributed by atoms with E-state index in [4.69, 9.17) is 9.47 Å². The minimum atomic E-state index is -0.962. The Kier molecular flexibility index (Phi) is 5.09. The lowest BCUT2D eigenvalue weighted by atomic mass is 9.94. The van der Waals surface area contributed by atoms with Gasteiger partial charge in [-0.3, -0.25) is 14.5 Å². The molecule has 0 spiro atoms. The Hall–Kier alpha value is -4.13. The van der Waals surface area contributed by atoms with Gasteiger partial charge in [-0.05, 0) is 54.1 Å². The molecule has 1 N–H and O–H groups in total. The fourth-order valence-corrected chi connectivity index (χ4v) is 4.38. The highest BCUT2D eigenvalue weighted by atomic mass is 19.1. The molecular formula is C26H20FNO5. The number of aliphatic hydroxyl groups excluding tert-OH is 1. The van der Waals surface area contributed by atoms with Gasteiger partial charge in [-0.2, -0.15) is 0 Å². The van der Waals surface area contributed by atoms with E-state index < -0.39 is 23.5 Å². The van der Waals surface area contributed by atoms with E-state index in [1.54, 1.807) is 42.5 Å². The van der Waals surface area contributed by atoms with Crippen molar-refractivity contribution in [2.24, 2.45) is 0 Å². The second-order valence-corrected chi connectivity index (χ2v) is 7.81. The first-order chi connectivity index (χ1) is 16.0. The molecule has 2 aliphatic heterocycles. The molecule has 1 fully saturated rings. The van der Waals surface area contributed by atoms with Gasteiger partial charge in [0.05, 0.1) is 25.3 Å². The van der Waals surface area contributed by atoms with Gasteiger partial charge in [0.15, 0.2) is 0 Å². The molecule has 2 heterocycles. The number of amides is 1. The molecule has 0 radical (unpaired) electrons. The molecule has 0 saturated carbocycles. The fourth-order valence-electron chi connectivity index (χ4n) is 4.38. The van der Waals surface area contributed by atoms with E-state index in [9.17, 15) is 19.1 Å². The summed E-state index contributed by atoms with van der Waals surface area (Å²) < 4.78 is 24.6. The number of methoxy groups -OCH3 is 1. The van der Waals surface area contributed by atoms with Crippen molar-refractivity contribution in [1.82, 2.24) is 0 Å². The molecule has 0 bridgehead atoms. The van der Waals surface area contributed by atoms with Crippen LogP contribution in [0.4, 0.5) is 10.1 Å². The van der Waals surface area contributed by atoms with Crippen LogP contribution in [0.2, 0.25) is 0 Å². The van der Waals surface area contributed by atoms with E-state index in [2.05, 4.69) is 0 Å². The molecule has 2 aliphatic rings. The Balaban J connectivity index is 1.73. The highest BCUT2D eigenvalue weighted by molar-refractivity contribution is 6.51. The summed E-state index contributed by atoms with van der Waals surface area (Å²) in [6.07, 6.45) is 0.691. The number of anilines is 1. The average Bonchev–Trinajstić information content (AvgIpc) is 3.41. The number of hydrogen-bond donors (Lipinski definition) is 1. The number of fused-ring (bicyclic) bond motifs is 1. The SMILES string of the molecule is COc1ccccc1C1/C(=C(\O)c2ccc3c(c2)CCO3)C(=O)C(=O)N1c1ccc(F)cc1. The highest BCUT2D eigenvalue weighted by Gasteiger charge is 2.48. The number of rotatable bonds is 4. The molecule has 1 atom stereocenters. The summed E-state index contributed by atoms with van der Waals surface area (Å²) in [5.74, 6) is -1.22. The van der Waals surface area contributed by atoms with E-state index >= 15 is 0 Å². The number of Topliss-reactive ketones (excluding diaryl/α,β-unsaturated/α-hetero) is 1. The first-order valence-corrected chi connectivity index (χ1v) is 10.4. The van der Waals surface area contributed by atoms with Crippen LogP contribution in [0.25, 0.3) is 5.76 Å². The Morgan fingerprint density at radius 3 is 2.61 bits per heavy atom. The number of halogens is 1. The van der Waals surface area contributed by atoms with Gasteiger partial charge in [0, 0.05) is 23.2 Å².